The largest absolute Gasteiger partial charge is 0.328 e. The lowest BCUT2D eigenvalue weighted by molar-refractivity contribution is 0.233. The molecule has 1 saturated carbocycles. The standard InChI is InChI=1S/C16H25N/c1-13(15-8-5-9-16(17)12-15)10-11-14-6-3-2-4-7-14/h2-4,6-7,13,15-16H,5,8-12,17H2,1H3. The molecule has 0 heterocycles. The molecule has 17 heavy (non-hydrogen) atoms. The molecule has 1 aromatic carbocycles. The van der Waals surface area contributed by atoms with Crippen molar-refractivity contribution in [2.45, 2.75) is 51.5 Å². The van der Waals surface area contributed by atoms with Gasteiger partial charge >= 0.3 is 0 Å². The van der Waals surface area contributed by atoms with Crippen LogP contribution in [0.1, 0.15) is 44.6 Å². The zero-order valence-corrected chi connectivity index (χ0v) is 10.9. The zero-order chi connectivity index (χ0) is 12.1. The highest BCUT2D eigenvalue weighted by Gasteiger charge is 2.23. The number of nitrogens with two attached hydrogens (primary N) is 1. The van der Waals surface area contributed by atoms with Gasteiger partial charge in [0.1, 0.15) is 0 Å². The summed E-state index contributed by atoms with van der Waals surface area (Å²) in [6.07, 6.45) is 7.73. The van der Waals surface area contributed by atoms with E-state index in [1.54, 1.807) is 0 Å². The summed E-state index contributed by atoms with van der Waals surface area (Å²) < 4.78 is 0. The SMILES string of the molecule is CC(CCc1ccccc1)C1CCCC(N)C1. The predicted octanol–water partition coefficient (Wildman–Crippen LogP) is 3.77. The summed E-state index contributed by atoms with van der Waals surface area (Å²) in [4.78, 5) is 0. The number of aryl methyl sites for hydroxylation is 1. The number of benzene rings is 1. The third kappa shape index (κ3) is 3.85. The Morgan fingerprint density at radius 3 is 2.71 bits per heavy atom. The topological polar surface area (TPSA) is 26.0 Å². The highest BCUT2D eigenvalue weighted by atomic mass is 14.6. The Bertz CT molecular complexity index is 320. The van der Waals surface area contributed by atoms with Crippen LogP contribution in [0.3, 0.4) is 0 Å². The summed E-state index contributed by atoms with van der Waals surface area (Å²) in [5, 5.41) is 0. The van der Waals surface area contributed by atoms with Gasteiger partial charge in [-0.25, -0.2) is 0 Å². The zero-order valence-electron chi connectivity index (χ0n) is 10.9. The molecule has 0 bridgehead atoms. The van der Waals surface area contributed by atoms with Gasteiger partial charge in [-0.2, -0.15) is 0 Å². The van der Waals surface area contributed by atoms with Gasteiger partial charge in [0.25, 0.3) is 0 Å². The Labute approximate surface area is 105 Å². The lowest BCUT2D eigenvalue weighted by Gasteiger charge is -2.31. The van der Waals surface area contributed by atoms with E-state index in [1.165, 1.54) is 44.1 Å². The van der Waals surface area contributed by atoms with Crippen LogP contribution in [0.2, 0.25) is 0 Å². The minimum absolute atomic E-state index is 0.466. The predicted molar refractivity (Wildman–Crippen MR) is 73.9 cm³/mol. The molecule has 2 rings (SSSR count). The van der Waals surface area contributed by atoms with Gasteiger partial charge in [0.05, 0.1) is 0 Å². The van der Waals surface area contributed by atoms with Crippen molar-refractivity contribution in [3.63, 3.8) is 0 Å². The molecule has 1 heteroatoms. The fourth-order valence-corrected chi connectivity index (χ4v) is 3.06. The maximum Gasteiger partial charge on any atom is 0.00415 e. The summed E-state index contributed by atoms with van der Waals surface area (Å²) in [5.74, 6) is 1.68. The molecule has 1 nitrogen and oxygen atoms in total. The van der Waals surface area contributed by atoms with Crippen LogP contribution < -0.4 is 5.73 Å². The van der Waals surface area contributed by atoms with Gasteiger partial charge in [-0.05, 0) is 43.1 Å². The Morgan fingerprint density at radius 1 is 1.24 bits per heavy atom. The van der Waals surface area contributed by atoms with Crippen molar-refractivity contribution in [1.29, 1.82) is 0 Å². The molecule has 1 aliphatic carbocycles. The van der Waals surface area contributed by atoms with Crippen molar-refractivity contribution in [3.8, 4) is 0 Å². The highest BCUT2D eigenvalue weighted by Crippen LogP contribution is 2.31. The number of hydrogen-bond acceptors (Lipinski definition) is 1. The molecule has 3 atom stereocenters. The third-order valence-electron chi connectivity index (χ3n) is 4.29. The first-order valence-corrected chi connectivity index (χ1v) is 7.05. The van der Waals surface area contributed by atoms with Gasteiger partial charge in [0.2, 0.25) is 0 Å². The van der Waals surface area contributed by atoms with Gasteiger partial charge in [0.15, 0.2) is 0 Å². The van der Waals surface area contributed by atoms with Crippen molar-refractivity contribution < 1.29 is 0 Å². The van der Waals surface area contributed by atoms with Crippen LogP contribution in [0.15, 0.2) is 30.3 Å². The fraction of sp³-hybridized carbons (Fsp3) is 0.625. The molecule has 1 aromatic rings. The van der Waals surface area contributed by atoms with E-state index >= 15 is 0 Å². The minimum Gasteiger partial charge on any atom is -0.328 e. The van der Waals surface area contributed by atoms with E-state index in [0.717, 1.165) is 11.8 Å². The Morgan fingerprint density at radius 2 is 2.00 bits per heavy atom. The molecule has 94 valence electrons. The molecule has 2 N–H and O–H groups in total. The van der Waals surface area contributed by atoms with Gasteiger partial charge < -0.3 is 5.73 Å². The molecule has 1 aliphatic rings. The van der Waals surface area contributed by atoms with E-state index < -0.39 is 0 Å². The molecule has 0 aromatic heterocycles. The van der Waals surface area contributed by atoms with Crippen molar-refractivity contribution in [2.24, 2.45) is 17.6 Å². The van der Waals surface area contributed by atoms with Crippen molar-refractivity contribution in [1.82, 2.24) is 0 Å². The van der Waals surface area contributed by atoms with Gasteiger partial charge in [-0.3, -0.25) is 0 Å². The summed E-state index contributed by atoms with van der Waals surface area (Å²) in [5.41, 5.74) is 7.54. The quantitative estimate of drug-likeness (QED) is 0.838. The molecular formula is C16H25N. The van der Waals surface area contributed by atoms with Gasteiger partial charge in [0, 0.05) is 6.04 Å². The van der Waals surface area contributed by atoms with Crippen molar-refractivity contribution >= 4 is 0 Å². The summed E-state index contributed by atoms with van der Waals surface area (Å²) in [7, 11) is 0. The second-order valence-corrected chi connectivity index (χ2v) is 5.69. The smallest absolute Gasteiger partial charge is 0.00415 e. The maximum absolute atomic E-state index is 6.07. The first kappa shape index (κ1) is 12.6. The van der Waals surface area contributed by atoms with Gasteiger partial charge in [-0.1, -0.05) is 50.1 Å². The second-order valence-electron chi connectivity index (χ2n) is 5.69. The normalized spacial score (nSPS) is 26.7. The number of rotatable bonds is 4. The van der Waals surface area contributed by atoms with Crippen LogP contribution in [0.5, 0.6) is 0 Å². The van der Waals surface area contributed by atoms with E-state index in [-0.39, 0.29) is 0 Å². The molecule has 0 radical (unpaired) electrons. The van der Waals surface area contributed by atoms with E-state index in [0.29, 0.717) is 6.04 Å². The highest BCUT2D eigenvalue weighted by molar-refractivity contribution is 5.14. The van der Waals surface area contributed by atoms with E-state index in [2.05, 4.69) is 37.3 Å². The van der Waals surface area contributed by atoms with E-state index in [4.69, 9.17) is 5.73 Å². The lowest BCUT2D eigenvalue weighted by Crippen LogP contribution is -2.30. The molecule has 0 aliphatic heterocycles. The molecule has 1 fully saturated rings. The van der Waals surface area contributed by atoms with Crippen molar-refractivity contribution in [3.05, 3.63) is 35.9 Å². The number of hydrogen-bond donors (Lipinski definition) is 1. The molecule has 0 amide bonds. The molecule has 0 spiro atoms. The Balaban J connectivity index is 1.79. The first-order valence-electron chi connectivity index (χ1n) is 7.05. The average molecular weight is 231 g/mol. The Kier molecular flexibility index (Phi) is 4.61. The monoisotopic (exact) mass is 231 g/mol. The van der Waals surface area contributed by atoms with Crippen LogP contribution in [-0.2, 0) is 6.42 Å². The van der Waals surface area contributed by atoms with Crippen LogP contribution in [0.4, 0.5) is 0 Å². The average Bonchev–Trinajstić information content (AvgIpc) is 2.37. The first-order chi connectivity index (χ1) is 8.25. The fourth-order valence-electron chi connectivity index (χ4n) is 3.06. The van der Waals surface area contributed by atoms with Crippen molar-refractivity contribution in [2.75, 3.05) is 0 Å². The van der Waals surface area contributed by atoms with Gasteiger partial charge in [-0.15, -0.1) is 0 Å². The summed E-state index contributed by atoms with van der Waals surface area (Å²) in [6, 6.07) is 11.3. The van der Waals surface area contributed by atoms with Crippen LogP contribution in [0.25, 0.3) is 0 Å². The minimum atomic E-state index is 0.466. The summed E-state index contributed by atoms with van der Waals surface area (Å²) in [6.45, 7) is 2.41. The van der Waals surface area contributed by atoms with Crippen LogP contribution in [0, 0.1) is 11.8 Å². The van der Waals surface area contributed by atoms with E-state index in [1.807, 2.05) is 0 Å². The van der Waals surface area contributed by atoms with E-state index in [9.17, 15) is 0 Å². The molecular weight excluding hydrogens is 206 g/mol. The molecule has 3 unspecified atom stereocenters. The maximum atomic E-state index is 6.07. The van der Waals surface area contributed by atoms with Crippen LogP contribution >= 0.6 is 0 Å². The van der Waals surface area contributed by atoms with Crippen LogP contribution in [-0.4, -0.2) is 6.04 Å². The lowest BCUT2D eigenvalue weighted by atomic mass is 9.77. The molecule has 0 saturated heterocycles. The Hall–Kier alpha value is -0.820. The second kappa shape index (κ2) is 6.20. The third-order valence-corrected chi connectivity index (χ3v) is 4.29. The summed E-state index contributed by atoms with van der Waals surface area (Å²) >= 11 is 0.